The van der Waals surface area contributed by atoms with Crippen LogP contribution in [0.3, 0.4) is 0 Å². The van der Waals surface area contributed by atoms with E-state index in [0.717, 1.165) is 54.3 Å². The molecule has 0 atom stereocenters. The first-order chi connectivity index (χ1) is 18.2. The van der Waals surface area contributed by atoms with Gasteiger partial charge in [0, 0.05) is 66.1 Å². The molecule has 1 aliphatic carbocycles. The van der Waals surface area contributed by atoms with Crippen LogP contribution in [-0.2, 0) is 29.0 Å². The molecule has 2 aromatic carbocycles. The maximum Gasteiger partial charge on any atom is 0.223 e. The van der Waals surface area contributed by atoms with Gasteiger partial charge in [0.05, 0.1) is 0 Å². The van der Waals surface area contributed by atoms with Crippen LogP contribution in [0.4, 0.5) is 4.39 Å². The Morgan fingerprint density at radius 1 is 1.13 bits per heavy atom. The van der Waals surface area contributed by atoms with Gasteiger partial charge in [-0.3, -0.25) is 9.59 Å². The number of benzene rings is 2. The van der Waals surface area contributed by atoms with Gasteiger partial charge in [-0.2, -0.15) is 0 Å². The van der Waals surface area contributed by atoms with Gasteiger partial charge in [-0.05, 0) is 76.9 Å². The molecule has 2 N–H and O–H groups in total. The maximum absolute atomic E-state index is 13.8. The fraction of sp³-hybridized carbons (Fsp3) is 0.484. The number of hydrogen-bond donors (Lipinski definition) is 2. The van der Waals surface area contributed by atoms with E-state index in [2.05, 4.69) is 60.5 Å². The number of carbonyl (C=O) groups is 2. The Morgan fingerprint density at radius 2 is 1.92 bits per heavy atom. The van der Waals surface area contributed by atoms with Gasteiger partial charge in [0.15, 0.2) is 0 Å². The zero-order valence-corrected chi connectivity index (χ0v) is 22.8. The molecule has 0 saturated heterocycles. The van der Waals surface area contributed by atoms with Crippen molar-refractivity contribution in [2.75, 3.05) is 20.6 Å². The number of aromatic nitrogens is 1. The number of nitrogens with zero attached hydrogens (tertiary/aromatic N) is 2. The lowest BCUT2D eigenvalue weighted by Gasteiger charge is -2.45. The summed E-state index contributed by atoms with van der Waals surface area (Å²) < 4.78 is 13.8. The van der Waals surface area contributed by atoms with Crippen LogP contribution in [0, 0.1) is 12.7 Å². The summed E-state index contributed by atoms with van der Waals surface area (Å²) in [6.45, 7) is 3.20. The number of nitrogens with one attached hydrogen (secondary N) is 2. The van der Waals surface area contributed by atoms with Gasteiger partial charge in [-0.15, -0.1) is 0 Å². The van der Waals surface area contributed by atoms with Gasteiger partial charge in [0.25, 0.3) is 0 Å². The summed E-state index contributed by atoms with van der Waals surface area (Å²) in [5.41, 5.74) is 5.70. The number of H-pyrrole nitrogens is 1. The number of hydrogen-bond acceptors (Lipinski definition) is 3. The number of likely N-dealkylation sites (N-methyl/N-ethyl adjacent to an activating group) is 1. The summed E-state index contributed by atoms with van der Waals surface area (Å²) in [5, 5.41) is 4.03. The van der Waals surface area contributed by atoms with E-state index in [9.17, 15) is 14.0 Å². The lowest BCUT2D eigenvalue weighted by molar-refractivity contribution is -0.134. The first-order valence-corrected chi connectivity index (χ1v) is 13.8. The monoisotopic (exact) mass is 518 g/mol. The molecule has 5 rings (SSSR count). The molecule has 2 aliphatic rings. The molecule has 202 valence electrons. The quantitative estimate of drug-likeness (QED) is 0.468. The van der Waals surface area contributed by atoms with Crippen molar-refractivity contribution in [3.63, 3.8) is 0 Å². The van der Waals surface area contributed by atoms with Crippen LogP contribution in [0.15, 0.2) is 42.5 Å². The third kappa shape index (κ3) is 5.63. The topological polar surface area (TPSA) is 68.4 Å². The Labute approximate surface area is 224 Å². The van der Waals surface area contributed by atoms with Gasteiger partial charge in [0.1, 0.15) is 5.82 Å². The molecule has 7 heteroatoms. The highest BCUT2D eigenvalue weighted by atomic mass is 19.1. The predicted molar refractivity (Wildman–Crippen MR) is 148 cm³/mol. The van der Waals surface area contributed by atoms with Crippen LogP contribution >= 0.6 is 0 Å². The van der Waals surface area contributed by atoms with Crippen LogP contribution in [0.25, 0.3) is 10.9 Å². The largest absolute Gasteiger partial charge is 0.358 e. The molecule has 2 amide bonds. The van der Waals surface area contributed by atoms with Crippen molar-refractivity contribution in [1.29, 1.82) is 0 Å². The Morgan fingerprint density at radius 3 is 2.66 bits per heavy atom. The first kappa shape index (κ1) is 26.4. The van der Waals surface area contributed by atoms with Crippen molar-refractivity contribution in [2.45, 2.75) is 76.4 Å². The Kier molecular flexibility index (Phi) is 7.57. The van der Waals surface area contributed by atoms with E-state index < -0.39 is 0 Å². The van der Waals surface area contributed by atoms with Gasteiger partial charge < -0.3 is 20.1 Å². The summed E-state index contributed by atoms with van der Waals surface area (Å²) in [4.78, 5) is 33.2. The van der Waals surface area contributed by atoms with Gasteiger partial charge in [-0.25, -0.2) is 4.39 Å². The maximum atomic E-state index is 13.8. The van der Waals surface area contributed by atoms with Crippen LogP contribution in [0.5, 0.6) is 0 Å². The van der Waals surface area contributed by atoms with E-state index in [4.69, 9.17) is 0 Å². The van der Waals surface area contributed by atoms with Gasteiger partial charge in [-0.1, -0.05) is 29.8 Å². The molecule has 3 aromatic rings. The van der Waals surface area contributed by atoms with Crippen LogP contribution in [-0.4, -0.2) is 58.8 Å². The van der Waals surface area contributed by atoms with Crippen molar-refractivity contribution in [3.8, 4) is 0 Å². The zero-order valence-electron chi connectivity index (χ0n) is 22.8. The molecular formula is C31H39FN4O2. The Hall–Kier alpha value is -3.19. The van der Waals surface area contributed by atoms with Crippen LogP contribution < -0.4 is 5.32 Å². The summed E-state index contributed by atoms with van der Waals surface area (Å²) in [6, 6.07) is 13.6. The summed E-state index contributed by atoms with van der Waals surface area (Å²) in [6.07, 6.45) is 6.05. The number of amides is 2. The highest BCUT2D eigenvalue weighted by Gasteiger charge is 2.37. The second-order valence-electron chi connectivity index (χ2n) is 11.5. The smallest absolute Gasteiger partial charge is 0.223 e. The summed E-state index contributed by atoms with van der Waals surface area (Å²) in [7, 11) is 4.33. The molecule has 1 aromatic heterocycles. The average Bonchev–Trinajstić information content (AvgIpc) is 3.25. The molecule has 6 nitrogen and oxygen atoms in total. The van der Waals surface area contributed by atoms with Crippen molar-refractivity contribution < 1.29 is 14.0 Å². The molecule has 1 saturated carbocycles. The Bertz CT molecular complexity index is 1320. The first-order valence-electron chi connectivity index (χ1n) is 13.8. The lowest BCUT2D eigenvalue weighted by Crippen LogP contribution is -2.52. The van der Waals surface area contributed by atoms with Crippen LogP contribution in [0.1, 0.15) is 60.9 Å². The lowest BCUT2D eigenvalue weighted by atomic mass is 9.74. The normalized spacial score (nSPS) is 21.5. The van der Waals surface area contributed by atoms with Crippen molar-refractivity contribution in [1.82, 2.24) is 20.1 Å². The predicted octanol–water partition coefficient (Wildman–Crippen LogP) is 4.88. The number of aryl methyl sites for hydroxylation is 1. The molecule has 2 heterocycles. The summed E-state index contributed by atoms with van der Waals surface area (Å²) >= 11 is 0. The average molecular weight is 519 g/mol. The van der Waals surface area contributed by atoms with Crippen molar-refractivity contribution >= 4 is 22.7 Å². The number of fused-ring (bicyclic) bond motifs is 3. The number of rotatable bonds is 7. The molecular weight excluding hydrogens is 479 g/mol. The fourth-order valence-electron chi connectivity index (χ4n) is 6.36. The second kappa shape index (κ2) is 10.9. The number of halogens is 1. The minimum absolute atomic E-state index is 0.0232. The molecule has 1 fully saturated rings. The van der Waals surface area contributed by atoms with E-state index >= 15 is 0 Å². The van der Waals surface area contributed by atoms with Crippen molar-refractivity contribution in [2.24, 2.45) is 0 Å². The molecule has 0 spiro atoms. The Balaban J connectivity index is 1.11. The molecule has 0 bridgehead atoms. The summed E-state index contributed by atoms with van der Waals surface area (Å²) in [5.74, 6) is -0.351. The molecule has 0 unspecified atom stereocenters. The van der Waals surface area contributed by atoms with Gasteiger partial charge in [0.2, 0.25) is 11.8 Å². The van der Waals surface area contributed by atoms with E-state index in [0.29, 0.717) is 19.5 Å². The zero-order chi connectivity index (χ0) is 26.9. The highest BCUT2D eigenvalue weighted by Crippen LogP contribution is 2.36. The number of aromatic amines is 1. The van der Waals surface area contributed by atoms with E-state index in [1.54, 1.807) is 11.0 Å². The second-order valence-corrected chi connectivity index (χ2v) is 11.5. The van der Waals surface area contributed by atoms with E-state index in [-0.39, 0.29) is 42.1 Å². The molecule has 38 heavy (non-hydrogen) atoms. The fourth-order valence-corrected chi connectivity index (χ4v) is 6.36. The highest BCUT2D eigenvalue weighted by molar-refractivity contribution is 5.87. The van der Waals surface area contributed by atoms with E-state index in [1.165, 1.54) is 23.3 Å². The third-order valence-electron chi connectivity index (χ3n) is 8.70. The minimum Gasteiger partial charge on any atom is -0.358 e. The van der Waals surface area contributed by atoms with Crippen molar-refractivity contribution in [3.05, 3.63) is 70.7 Å². The standard InChI is InChI=1S/C31H39FN4O2/c1-21-5-4-6-22(17-21)19-31(35(2)3)14-11-24(12-15-31)33-29(37)9-10-30(38)36-16-13-28-26(20-36)25-18-23(32)7-8-27(25)34-28/h4-8,17-18,24,34H,9-16,19-20H2,1-3H3,(H,33,37). The van der Waals surface area contributed by atoms with Gasteiger partial charge >= 0.3 is 0 Å². The molecule has 0 radical (unpaired) electrons. The SMILES string of the molecule is Cc1cccc(CC2(N(C)C)CCC(NC(=O)CCC(=O)N3CCc4[nH]c5ccc(F)cc5c4C3)CC2)c1. The third-order valence-corrected chi connectivity index (χ3v) is 8.70. The van der Waals surface area contributed by atoms with Crippen LogP contribution in [0.2, 0.25) is 0 Å². The minimum atomic E-state index is -0.278. The molecule has 1 aliphatic heterocycles. The number of carbonyl (C=O) groups excluding carboxylic acids is 2. The van der Waals surface area contributed by atoms with E-state index in [1.807, 2.05) is 0 Å².